The molecule has 2 aromatic rings. The molecule has 5 nitrogen and oxygen atoms in total. The first-order chi connectivity index (χ1) is 10.2. The SMILES string of the molecule is Cc1cc(C(=O)NCC[C@@H]2C=NC=N2)c2ccccc2n1. The van der Waals surface area contributed by atoms with Crippen molar-refractivity contribution in [3.05, 3.63) is 41.6 Å². The number of fused-ring (bicyclic) bond motifs is 1. The van der Waals surface area contributed by atoms with Gasteiger partial charge in [0.1, 0.15) is 6.34 Å². The van der Waals surface area contributed by atoms with E-state index >= 15 is 0 Å². The van der Waals surface area contributed by atoms with E-state index in [4.69, 9.17) is 0 Å². The van der Waals surface area contributed by atoms with Crippen molar-refractivity contribution in [2.24, 2.45) is 9.98 Å². The van der Waals surface area contributed by atoms with Crippen LogP contribution in [0.1, 0.15) is 22.5 Å². The van der Waals surface area contributed by atoms with Gasteiger partial charge in [-0.25, -0.2) is 4.99 Å². The molecule has 106 valence electrons. The van der Waals surface area contributed by atoms with Crippen molar-refractivity contribution >= 4 is 29.4 Å². The minimum atomic E-state index is -0.0735. The van der Waals surface area contributed by atoms with Crippen molar-refractivity contribution in [3.8, 4) is 0 Å². The van der Waals surface area contributed by atoms with Gasteiger partial charge in [0.05, 0.1) is 17.1 Å². The molecule has 0 saturated heterocycles. The van der Waals surface area contributed by atoms with Crippen LogP contribution in [-0.2, 0) is 0 Å². The van der Waals surface area contributed by atoms with Crippen molar-refractivity contribution in [2.75, 3.05) is 6.54 Å². The van der Waals surface area contributed by atoms with Crippen LogP contribution in [0.15, 0.2) is 40.3 Å². The van der Waals surface area contributed by atoms with Crippen molar-refractivity contribution in [1.29, 1.82) is 0 Å². The summed E-state index contributed by atoms with van der Waals surface area (Å²) in [5.41, 5.74) is 2.35. The van der Waals surface area contributed by atoms with E-state index in [0.29, 0.717) is 12.1 Å². The zero-order valence-corrected chi connectivity index (χ0v) is 11.8. The van der Waals surface area contributed by atoms with Gasteiger partial charge >= 0.3 is 0 Å². The Kier molecular flexibility index (Phi) is 3.73. The molecule has 1 aliphatic heterocycles. The Morgan fingerprint density at radius 1 is 1.33 bits per heavy atom. The highest BCUT2D eigenvalue weighted by Gasteiger charge is 2.12. The quantitative estimate of drug-likeness (QED) is 0.932. The fraction of sp³-hybridized carbons (Fsp3) is 0.250. The van der Waals surface area contributed by atoms with Crippen LogP contribution in [0.5, 0.6) is 0 Å². The monoisotopic (exact) mass is 280 g/mol. The summed E-state index contributed by atoms with van der Waals surface area (Å²) in [6.07, 6.45) is 4.10. The predicted molar refractivity (Wildman–Crippen MR) is 84.2 cm³/mol. The average molecular weight is 280 g/mol. The Hall–Kier alpha value is -2.56. The van der Waals surface area contributed by atoms with Gasteiger partial charge in [-0.3, -0.25) is 14.8 Å². The first kappa shape index (κ1) is 13.4. The number of carbonyl (C=O) groups is 1. The zero-order chi connectivity index (χ0) is 14.7. The molecule has 1 aromatic heterocycles. The van der Waals surface area contributed by atoms with Crippen molar-refractivity contribution < 1.29 is 4.79 Å². The van der Waals surface area contributed by atoms with E-state index in [2.05, 4.69) is 20.3 Å². The van der Waals surface area contributed by atoms with Gasteiger partial charge in [0.2, 0.25) is 0 Å². The van der Waals surface area contributed by atoms with Gasteiger partial charge in [-0.1, -0.05) is 18.2 Å². The van der Waals surface area contributed by atoms with Gasteiger partial charge in [-0.2, -0.15) is 0 Å². The third-order valence-electron chi connectivity index (χ3n) is 3.40. The third-order valence-corrected chi connectivity index (χ3v) is 3.40. The third kappa shape index (κ3) is 2.97. The van der Waals surface area contributed by atoms with Gasteiger partial charge in [-0.05, 0) is 25.5 Å². The van der Waals surface area contributed by atoms with Crippen molar-refractivity contribution in [1.82, 2.24) is 10.3 Å². The number of para-hydroxylation sites is 1. The summed E-state index contributed by atoms with van der Waals surface area (Å²) >= 11 is 0. The first-order valence-corrected chi connectivity index (χ1v) is 6.93. The average Bonchev–Trinajstić information content (AvgIpc) is 2.99. The second kappa shape index (κ2) is 5.83. The number of carbonyl (C=O) groups excluding carboxylic acids is 1. The van der Waals surface area contributed by atoms with Gasteiger partial charge in [-0.15, -0.1) is 0 Å². The molecule has 21 heavy (non-hydrogen) atoms. The second-order valence-corrected chi connectivity index (χ2v) is 5.00. The minimum Gasteiger partial charge on any atom is -0.352 e. The number of pyridine rings is 1. The molecular weight excluding hydrogens is 264 g/mol. The van der Waals surface area contributed by atoms with Crippen LogP contribution < -0.4 is 5.32 Å². The van der Waals surface area contributed by atoms with E-state index in [0.717, 1.165) is 23.0 Å². The number of aromatic nitrogens is 1. The zero-order valence-electron chi connectivity index (χ0n) is 11.8. The molecule has 1 aliphatic rings. The number of hydrogen-bond acceptors (Lipinski definition) is 4. The maximum Gasteiger partial charge on any atom is 0.252 e. The number of hydrogen-bond donors (Lipinski definition) is 1. The van der Waals surface area contributed by atoms with Crippen LogP contribution in [0.4, 0.5) is 0 Å². The summed E-state index contributed by atoms with van der Waals surface area (Å²) in [5, 5.41) is 3.82. The number of rotatable bonds is 4. The molecule has 1 amide bonds. The first-order valence-electron chi connectivity index (χ1n) is 6.93. The van der Waals surface area contributed by atoms with E-state index in [9.17, 15) is 4.79 Å². The number of aliphatic imine (C=N–C) groups is 2. The molecule has 0 spiro atoms. The van der Waals surface area contributed by atoms with Gasteiger partial charge < -0.3 is 5.32 Å². The Labute approximate surface area is 122 Å². The molecular formula is C16H16N4O. The molecule has 1 N–H and O–H groups in total. The number of amides is 1. The summed E-state index contributed by atoms with van der Waals surface area (Å²) in [6, 6.07) is 9.59. The number of benzene rings is 1. The Bertz CT molecular complexity index is 724. The summed E-state index contributed by atoms with van der Waals surface area (Å²) in [7, 11) is 0. The molecule has 3 rings (SSSR count). The van der Waals surface area contributed by atoms with E-state index in [1.807, 2.05) is 37.3 Å². The second-order valence-electron chi connectivity index (χ2n) is 5.00. The summed E-state index contributed by atoms with van der Waals surface area (Å²) in [6.45, 7) is 2.47. The van der Waals surface area contributed by atoms with Gasteiger partial charge in [0, 0.05) is 23.8 Å². The van der Waals surface area contributed by atoms with Crippen LogP contribution in [0.3, 0.4) is 0 Å². The van der Waals surface area contributed by atoms with Crippen molar-refractivity contribution in [2.45, 2.75) is 19.4 Å². The Morgan fingerprint density at radius 3 is 3.00 bits per heavy atom. The van der Waals surface area contributed by atoms with E-state index < -0.39 is 0 Å². The highest BCUT2D eigenvalue weighted by atomic mass is 16.1. The largest absolute Gasteiger partial charge is 0.352 e. The molecule has 5 heteroatoms. The van der Waals surface area contributed by atoms with Crippen LogP contribution in [0.2, 0.25) is 0 Å². The summed E-state index contributed by atoms with van der Waals surface area (Å²) in [5.74, 6) is -0.0735. The van der Waals surface area contributed by atoms with Crippen LogP contribution in [0.25, 0.3) is 10.9 Å². The van der Waals surface area contributed by atoms with E-state index in [-0.39, 0.29) is 11.9 Å². The molecule has 1 aromatic carbocycles. The molecule has 0 saturated carbocycles. The highest BCUT2D eigenvalue weighted by Crippen LogP contribution is 2.18. The van der Waals surface area contributed by atoms with Crippen LogP contribution in [-0.4, -0.2) is 36.0 Å². The van der Waals surface area contributed by atoms with Gasteiger partial charge in [0.25, 0.3) is 5.91 Å². The van der Waals surface area contributed by atoms with Crippen molar-refractivity contribution in [3.63, 3.8) is 0 Å². The molecule has 0 unspecified atom stereocenters. The topological polar surface area (TPSA) is 66.7 Å². The lowest BCUT2D eigenvalue weighted by atomic mass is 10.1. The molecule has 0 bridgehead atoms. The number of nitrogens with one attached hydrogen (secondary N) is 1. The highest BCUT2D eigenvalue weighted by molar-refractivity contribution is 6.06. The standard InChI is InChI=1S/C16H16N4O/c1-11-8-14(13-4-2-3-5-15(13)20-11)16(21)18-7-6-12-9-17-10-19-12/h2-5,8-10,12H,6-7H2,1H3,(H,18,21)/t12-/m1/s1. The molecule has 0 aliphatic carbocycles. The normalized spacial score (nSPS) is 16.5. The predicted octanol–water partition coefficient (Wildman–Crippen LogP) is 2.14. The van der Waals surface area contributed by atoms with Gasteiger partial charge in [0.15, 0.2) is 0 Å². The molecule has 2 heterocycles. The molecule has 0 radical (unpaired) electrons. The lowest BCUT2D eigenvalue weighted by Crippen LogP contribution is -2.27. The lowest BCUT2D eigenvalue weighted by Gasteiger charge is -2.09. The Balaban J connectivity index is 1.74. The number of aryl methyl sites for hydroxylation is 1. The fourth-order valence-corrected chi connectivity index (χ4v) is 2.37. The minimum absolute atomic E-state index is 0.0735. The van der Waals surface area contributed by atoms with E-state index in [1.54, 1.807) is 12.6 Å². The van der Waals surface area contributed by atoms with Crippen LogP contribution >= 0.6 is 0 Å². The maximum atomic E-state index is 12.4. The maximum absolute atomic E-state index is 12.4. The van der Waals surface area contributed by atoms with E-state index in [1.165, 1.54) is 0 Å². The summed E-state index contributed by atoms with van der Waals surface area (Å²) < 4.78 is 0. The lowest BCUT2D eigenvalue weighted by molar-refractivity contribution is 0.0954. The molecule has 1 atom stereocenters. The summed E-state index contributed by atoms with van der Waals surface area (Å²) in [4.78, 5) is 24.9. The molecule has 0 fully saturated rings. The van der Waals surface area contributed by atoms with Crippen LogP contribution in [0, 0.1) is 6.92 Å². The number of nitrogens with zero attached hydrogens (tertiary/aromatic N) is 3. The smallest absolute Gasteiger partial charge is 0.252 e. The Morgan fingerprint density at radius 2 is 2.19 bits per heavy atom. The fourth-order valence-electron chi connectivity index (χ4n) is 2.37.